The van der Waals surface area contributed by atoms with Gasteiger partial charge in [-0.2, -0.15) is 0 Å². The van der Waals surface area contributed by atoms with Crippen LogP contribution in [-0.4, -0.2) is 20.6 Å². The SMILES string of the molecule is Cc1c(F)cc2nc3c(c4c2c1CC[C@@H]4N)Cn1c-3cc2c(c1=O)COC(=O)[C@@]2(C)O. The van der Waals surface area contributed by atoms with Crippen LogP contribution in [0.15, 0.2) is 16.9 Å². The molecule has 3 aliphatic rings. The van der Waals surface area contributed by atoms with E-state index in [-0.39, 0.29) is 41.7 Å². The van der Waals surface area contributed by atoms with E-state index >= 15 is 0 Å². The number of aryl methyl sites for hydroxylation is 1. The molecule has 1 aromatic carbocycles. The van der Waals surface area contributed by atoms with E-state index < -0.39 is 11.6 Å². The largest absolute Gasteiger partial charge is 0.458 e. The molecule has 0 saturated heterocycles. The predicted molar refractivity (Wildman–Crippen MR) is 110 cm³/mol. The minimum atomic E-state index is -1.93. The normalized spacial score (nSPS) is 23.4. The first-order valence-corrected chi connectivity index (χ1v) is 10.3. The molecule has 0 radical (unpaired) electrons. The first kappa shape index (κ1) is 18.7. The molecule has 0 amide bonds. The maximum atomic E-state index is 14.6. The van der Waals surface area contributed by atoms with Crippen LogP contribution in [0.4, 0.5) is 4.39 Å². The number of halogens is 1. The number of pyridine rings is 2. The van der Waals surface area contributed by atoms with Crippen LogP contribution in [-0.2, 0) is 34.7 Å². The van der Waals surface area contributed by atoms with Crippen molar-refractivity contribution in [3.05, 3.63) is 61.7 Å². The van der Waals surface area contributed by atoms with Crippen molar-refractivity contribution in [3.63, 3.8) is 0 Å². The number of rotatable bonds is 0. The third-order valence-corrected chi connectivity index (χ3v) is 7.05. The number of ether oxygens (including phenoxy) is 1. The number of benzene rings is 1. The molecule has 2 aliphatic heterocycles. The zero-order valence-corrected chi connectivity index (χ0v) is 17.1. The van der Waals surface area contributed by atoms with E-state index in [1.54, 1.807) is 17.6 Å². The van der Waals surface area contributed by atoms with Gasteiger partial charge in [-0.15, -0.1) is 0 Å². The second kappa shape index (κ2) is 5.77. The molecular weight excluding hydrogens is 401 g/mol. The number of cyclic esters (lactones) is 1. The minimum absolute atomic E-state index is 0.184. The van der Waals surface area contributed by atoms with E-state index in [1.807, 2.05) is 0 Å². The van der Waals surface area contributed by atoms with Crippen molar-refractivity contribution < 1.29 is 19.0 Å². The fraction of sp³-hybridized carbons (Fsp3) is 0.348. The fourth-order valence-electron chi connectivity index (χ4n) is 5.34. The molecule has 0 unspecified atom stereocenters. The van der Waals surface area contributed by atoms with E-state index in [0.717, 1.165) is 22.1 Å². The van der Waals surface area contributed by atoms with Gasteiger partial charge < -0.3 is 20.1 Å². The maximum Gasteiger partial charge on any atom is 0.342 e. The summed E-state index contributed by atoms with van der Waals surface area (Å²) in [4.78, 5) is 30.1. The number of hydrogen-bond acceptors (Lipinski definition) is 6. The van der Waals surface area contributed by atoms with Crippen molar-refractivity contribution in [2.75, 3.05) is 0 Å². The van der Waals surface area contributed by atoms with Gasteiger partial charge in [0.2, 0.25) is 0 Å². The molecule has 4 heterocycles. The average Bonchev–Trinajstić information content (AvgIpc) is 3.09. The van der Waals surface area contributed by atoms with Crippen LogP contribution in [0.2, 0.25) is 0 Å². The Kier molecular flexibility index (Phi) is 3.47. The summed E-state index contributed by atoms with van der Waals surface area (Å²) in [6.45, 7) is 3.19. The van der Waals surface area contributed by atoms with Gasteiger partial charge in [0.1, 0.15) is 12.4 Å². The Morgan fingerprint density at radius 3 is 2.84 bits per heavy atom. The Morgan fingerprint density at radius 1 is 1.29 bits per heavy atom. The van der Waals surface area contributed by atoms with Crippen molar-refractivity contribution in [1.82, 2.24) is 9.55 Å². The molecule has 6 rings (SSSR count). The molecule has 0 spiro atoms. The van der Waals surface area contributed by atoms with Crippen molar-refractivity contribution in [2.24, 2.45) is 5.73 Å². The molecule has 2 aromatic heterocycles. The lowest BCUT2D eigenvalue weighted by molar-refractivity contribution is -0.169. The standard InChI is InChI=1S/C23H20FN3O4/c1-9-10-3-4-15(25)18-11-7-27-17(20(11)26-16(19(10)18)6-14(9)24)5-13-12(21(27)28)8-31-22(29)23(13,2)30/h5-6,15,30H,3-4,7-8,25H2,1-2H3/t15-,23-/m0/s1. The van der Waals surface area contributed by atoms with Crippen LogP contribution in [0.5, 0.6) is 0 Å². The van der Waals surface area contributed by atoms with Crippen LogP contribution in [0, 0.1) is 12.7 Å². The predicted octanol–water partition coefficient (Wildman–Crippen LogP) is 2.08. The number of fused-ring (bicyclic) bond motifs is 5. The summed E-state index contributed by atoms with van der Waals surface area (Å²) in [5.41, 5.74) is 9.56. The second-order valence-corrected chi connectivity index (χ2v) is 8.82. The maximum absolute atomic E-state index is 14.6. The number of nitrogens with two attached hydrogens (primary N) is 1. The molecule has 1 aliphatic carbocycles. The second-order valence-electron chi connectivity index (χ2n) is 8.82. The number of nitrogens with zero attached hydrogens (tertiary/aromatic N) is 2. The summed E-state index contributed by atoms with van der Waals surface area (Å²) in [6.07, 6.45) is 1.36. The van der Waals surface area contributed by atoms with Crippen molar-refractivity contribution >= 4 is 16.9 Å². The lowest BCUT2D eigenvalue weighted by atomic mass is 9.82. The lowest BCUT2D eigenvalue weighted by Gasteiger charge is -2.29. The van der Waals surface area contributed by atoms with Crippen LogP contribution in [0.1, 0.15) is 52.8 Å². The quantitative estimate of drug-likeness (QED) is 0.421. The molecular formula is C23H20FN3O4. The number of hydrogen-bond donors (Lipinski definition) is 2. The van der Waals surface area contributed by atoms with Gasteiger partial charge in [-0.3, -0.25) is 4.79 Å². The van der Waals surface area contributed by atoms with Crippen LogP contribution >= 0.6 is 0 Å². The Hall–Kier alpha value is -3.10. The van der Waals surface area contributed by atoms with Gasteiger partial charge in [0.15, 0.2) is 5.60 Å². The summed E-state index contributed by atoms with van der Waals surface area (Å²) in [5, 5.41) is 11.6. The van der Waals surface area contributed by atoms with E-state index in [2.05, 4.69) is 0 Å². The fourth-order valence-corrected chi connectivity index (χ4v) is 5.34. The molecule has 0 bridgehead atoms. The number of carbonyl (C=O) groups is 1. The molecule has 2 atom stereocenters. The monoisotopic (exact) mass is 421 g/mol. The van der Waals surface area contributed by atoms with Crippen molar-refractivity contribution in [1.29, 1.82) is 0 Å². The molecule has 7 nitrogen and oxygen atoms in total. The highest BCUT2D eigenvalue weighted by molar-refractivity contribution is 5.93. The van der Waals surface area contributed by atoms with E-state index in [1.165, 1.54) is 13.0 Å². The highest BCUT2D eigenvalue weighted by atomic mass is 19.1. The van der Waals surface area contributed by atoms with Gasteiger partial charge in [-0.1, -0.05) is 0 Å². The summed E-state index contributed by atoms with van der Waals surface area (Å²) < 4.78 is 21.2. The topological polar surface area (TPSA) is 107 Å². The van der Waals surface area contributed by atoms with Crippen LogP contribution in [0.25, 0.3) is 22.3 Å². The summed E-state index contributed by atoms with van der Waals surface area (Å²) in [6, 6.07) is 2.81. The van der Waals surface area contributed by atoms with Gasteiger partial charge in [-0.25, -0.2) is 14.2 Å². The smallest absolute Gasteiger partial charge is 0.342 e. The van der Waals surface area contributed by atoms with E-state index in [0.29, 0.717) is 35.3 Å². The van der Waals surface area contributed by atoms with Gasteiger partial charge in [0.05, 0.1) is 29.0 Å². The summed E-state index contributed by atoms with van der Waals surface area (Å²) in [5.74, 6) is -1.11. The Balaban J connectivity index is 1.71. The van der Waals surface area contributed by atoms with Crippen LogP contribution in [0.3, 0.4) is 0 Å². The van der Waals surface area contributed by atoms with Gasteiger partial charge in [0.25, 0.3) is 5.56 Å². The van der Waals surface area contributed by atoms with Crippen molar-refractivity contribution in [3.8, 4) is 11.4 Å². The number of esters is 1. The Bertz CT molecular complexity index is 1420. The minimum Gasteiger partial charge on any atom is -0.458 e. The van der Waals surface area contributed by atoms with E-state index in [9.17, 15) is 19.1 Å². The first-order valence-electron chi connectivity index (χ1n) is 10.3. The third-order valence-electron chi connectivity index (χ3n) is 7.05. The molecule has 158 valence electrons. The Morgan fingerprint density at radius 2 is 2.06 bits per heavy atom. The number of aromatic nitrogens is 2. The first-order chi connectivity index (χ1) is 14.7. The number of carbonyl (C=O) groups excluding carboxylic acids is 1. The van der Waals surface area contributed by atoms with Gasteiger partial charge in [0, 0.05) is 28.6 Å². The number of aliphatic hydroxyl groups is 1. The van der Waals surface area contributed by atoms with Gasteiger partial charge in [-0.05, 0) is 49.4 Å². The molecule has 0 fully saturated rings. The van der Waals surface area contributed by atoms with Crippen molar-refractivity contribution in [2.45, 2.75) is 51.5 Å². The van der Waals surface area contributed by atoms with Gasteiger partial charge >= 0.3 is 5.97 Å². The van der Waals surface area contributed by atoms with Crippen LogP contribution < -0.4 is 11.3 Å². The lowest BCUT2D eigenvalue weighted by Crippen LogP contribution is -2.42. The highest BCUT2D eigenvalue weighted by Gasteiger charge is 2.43. The zero-order chi connectivity index (χ0) is 21.8. The van der Waals surface area contributed by atoms with E-state index in [4.69, 9.17) is 15.5 Å². The molecule has 3 N–H and O–H groups in total. The highest BCUT2D eigenvalue weighted by Crippen LogP contribution is 2.44. The summed E-state index contributed by atoms with van der Waals surface area (Å²) in [7, 11) is 0. The zero-order valence-electron chi connectivity index (χ0n) is 17.1. The third kappa shape index (κ3) is 2.21. The average molecular weight is 421 g/mol. The molecule has 0 saturated carbocycles. The Labute approximate surface area is 176 Å². The molecule has 31 heavy (non-hydrogen) atoms. The molecule has 8 heteroatoms. The molecule has 3 aromatic rings. The summed E-state index contributed by atoms with van der Waals surface area (Å²) >= 11 is 0.